The Morgan fingerprint density at radius 1 is 1.19 bits per heavy atom. The molecular formula is C15H16N2O4. The Hall–Kier alpha value is -2.81. The largest absolute Gasteiger partial charge is 0.480 e. The molecule has 0 radical (unpaired) electrons. The number of hydrogen-bond acceptors (Lipinski definition) is 3. The van der Waals surface area contributed by atoms with Gasteiger partial charge in [0.15, 0.2) is 0 Å². The van der Waals surface area contributed by atoms with Crippen molar-refractivity contribution in [3.63, 3.8) is 0 Å². The first kappa shape index (κ1) is 16.2. The molecule has 3 N–H and O–H groups in total. The summed E-state index contributed by atoms with van der Waals surface area (Å²) >= 11 is 0. The number of rotatable bonds is 5. The van der Waals surface area contributed by atoms with Crippen molar-refractivity contribution in [3.8, 4) is 11.8 Å². The average Bonchev–Trinajstić information content (AvgIpc) is 2.44. The number of carbonyl (C=O) groups is 3. The minimum atomic E-state index is -1.11. The van der Waals surface area contributed by atoms with Crippen LogP contribution in [0, 0.1) is 11.8 Å². The number of carboxylic acids is 1. The molecule has 1 aromatic rings. The summed E-state index contributed by atoms with van der Waals surface area (Å²) < 4.78 is 0. The Morgan fingerprint density at radius 3 is 2.57 bits per heavy atom. The number of nitrogens with one attached hydrogen (secondary N) is 2. The molecule has 0 aliphatic carbocycles. The second-order valence-electron chi connectivity index (χ2n) is 4.16. The fourth-order valence-electron chi connectivity index (χ4n) is 1.50. The van der Waals surface area contributed by atoms with Crippen LogP contribution in [-0.4, -0.2) is 36.0 Å². The quantitative estimate of drug-likeness (QED) is 0.539. The third kappa shape index (κ3) is 6.25. The van der Waals surface area contributed by atoms with E-state index in [1.807, 2.05) is 0 Å². The number of hydrogen-bond donors (Lipinski definition) is 3. The highest BCUT2D eigenvalue weighted by Crippen LogP contribution is 2.07. The molecule has 0 aliphatic heterocycles. The fourth-order valence-corrected chi connectivity index (χ4v) is 1.50. The molecule has 1 aromatic carbocycles. The number of benzene rings is 1. The molecule has 0 spiro atoms. The molecule has 6 heteroatoms. The number of amides is 2. The van der Waals surface area contributed by atoms with E-state index in [1.54, 1.807) is 24.3 Å². The summed E-state index contributed by atoms with van der Waals surface area (Å²) in [6, 6.07) is 6.68. The standard InChI is InChI=1S/C15H16N2O4/c1-11(18)16-9-5-4-7-12-6-2-3-8-13(12)15(21)17-10-14(19)20/h2-3,6,8H,5,9-10H2,1H3,(H,16,18)(H,17,21)(H,19,20). The maximum Gasteiger partial charge on any atom is 0.322 e. The molecule has 110 valence electrons. The van der Waals surface area contributed by atoms with Crippen LogP contribution in [0.15, 0.2) is 24.3 Å². The summed E-state index contributed by atoms with van der Waals surface area (Å²) in [4.78, 5) is 33.0. The van der Waals surface area contributed by atoms with Gasteiger partial charge in [0.25, 0.3) is 5.91 Å². The Balaban J connectivity index is 2.70. The summed E-state index contributed by atoms with van der Waals surface area (Å²) in [5.74, 6) is 3.99. The lowest BCUT2D eigenvalue weighted by molar-refractivity contribution is -0.135. The van der Waals surface area contributed by atoms with Gasteiger partial charge in [-0.2, -0.15) is 0 Å². The zero-order chi connectivity index (χ0) is 15.7. The van der Waals surface area contributed by atoms with Gasteiger partial charge < -0.3 is 15.7 Å². The molecule has 2 amide bonds. The molecule has 0 aromatic heterocycles. The SMILES string of the molecule is CC(=O)NCCC#Cc1ccccc1C(=O)NCC(=O)O. The number of carbonyl (C=O) groups excluding carboxylic acids is 2. The maximum atomic E-state index is 11.8. The first-order chi connectivity index (χ1) is 10.0. The van der Waals surface area contributed by atoms with Crippen LogP contribution in [-0.2, 0) is 9.59 Å². The average molecular weight is 288 g/mol. The van der Waals surface area contributed by atoms with Gasteiger partial charge in [0.05, 0.1) is 5.56 Å². The van der Waals surface area contributed by atoms with Crippen molar-refractivity contribution in [1.29, 1.82) is 0 Å². The second kappa shape index (κ2) is 8.38. The topological polar surface area (TPSA) is 95.5 Å². The number of aliphatic carboxylic acids is 1. The van der Waals surface area contributed by atoms with Crippen LogP contribution in [0.3, 0.4) is 0 Å². The van der Waals surface area contributed by atoms with E-state index < -0.39 is 18.4 Å². The second-order valence-corrected chi connectivity index (χ2v) is 4.16. The Morgan fingerprint density at radius 2 is 1.90 bits per heavy atom. The monoisotopic (exact) mass is 288 g/mol. The molecule has 0 heterocycles. The third-order valence-corrected chi connectivity index (χ3v) is 2.42. The zero-order valence-corrected chi connectivity index (χ0v) is 11.6. The van der Waals surface area contributed by atoms with Gasteiger partial charge in [0, 0.05) is 25.5 Å². The van der Waals surface area contributed by atoms with Crippen LogP contribution in [0.1, 0.15) is 29.3 Å². The first-order valence-electron chi connectivity index (χ1n) is 6.33. The van der Waals surface area contributed by atoms with Crippen molar-refractivity contribution in [2.45, 2.75) is 13.3 Å². The van der Waals surface area contributed by atoms with Crippen LogP contribution in [0.2, 0.25) is 0 Å². The van der Waals surface area contributed by atoms with E-state index in [-0.39, 0.29) is 5.91 Å². The van der Waals surface area contributed by atoms with E-state index in [2.05, 4.69) is 22.5 Å². The molecular weight excluding hydrogens is 272 g/mol. The molecule has 0 saturated heterocycles. The maximum absolute atomic E-state index is 11.8. The van der Waals surface area contributed by atoms with Gasteiger partial charge >= 0.3 is 5.97 Å². The van der Waals surface area contributed by atoms with E-state index in [0.717, 1.165) is 0 Å². The van der Waals surface area contributed by atoms with Gasteiger partial charge in [-0.1, -0.05) is 24.0 Å². The van der Waals surface area contributed by atoms with Crippen LogP contribution in [0.25, 0.3) is 0 Å². The summed E-state index contributed by atoms with van der Waals surface area (Å²) in [5.41, 5.74) is 0.842. The van der Waals surface area contributed by atoms with Crippen LogP contribution in [0.5, 0.6) is 0 Å². The highest BCUT2D eigenvalue weighted by Gasteiger charge is 2.10. The minimum absolute atomic E-state index is 0.120. The van der Waals surface area contributed by atoms with E-state index >= 15 is 0 Å². The minimum Gasteiger partial charge on any atom is -0.480 e. The summed E-state index contributed by atoms with van der Waals surface area (Å²) in [7, 11) is 0. The predicted octanol–water partition coefficient (Wildman–Crippen LogP) is 0.379. The van der Waals surface area contributed by atoms with E-state index in [4.69, 9.17) is 5.11 Å². The molecule has 0 fully saturated rings. The van der Waals surface area contributed by atoms with Gasteiger partial charge in [0.2, 0.25) is 5.91 Å². The predicted molar refractivity (Wildman–Crippen MR) is 76.6 cm³/mol. The summed E-state index contributed by atoms with van der Waals surface area (Å²) in [6.07, 6.45) is 0.463. The molecule has 0 bridgehead atoms. The van der Waals surface area contributed by atoms with Crippen molar-refractivity contribution >= 4 is 17.8 Å². The summed E-state index contributed by atoms with van der Waals surface area (Å²) in [6.45, 7) is 1.42. The summed E-state index contributed by atoms with van der Waals surface area (Å²) in [5, 5.41) is 13.5. The molecule has 0 aliphatic rings. The van der Waals surface area contributed by atoms with Gasteiger partial charge in [-0.25, -0.2) is 0 Å². The number of carboxylic acid groups (broad SMARTS) is 1. The molecule has 1 rings (SSSR count). The smallest absolute Gasteiger partial charge is 0.322 e. The van der Waals surface area contributed by atoms with Crippen molar-refractivity contribution in [2.75, 3.05) is 13.1 Å². The van der Waals surface area contributed by atoms with Crippen molar-refractivity contribution in [3.05, 3.63) is 35.4 Å². The highest BCUT2D eigenvalue weighted by atomic mass is 16.4. The zero-order valence-electron chi connectivity index (χ0n) is 11.6. The Labute approximate surface area is 122 Å². The molecule has 0 saturated carbocycles. The van der Waals surface area contributed by atoms with Gasteiger partial charge in [-0.3, -0.25) is 14.4 Å². The van der Waals surface area contributed by atoms with Gasteiger partial charge in [-0.15, -0.1) is 0 Å². The first-order valence-corrected chi connectivity index (χ1v) is 6.33. The van der Waals surface area contributed by atoms with Crippen LogP contribution in [0.4, 0.5) is 0 Å². The molecule has 6 nitrogen and oxygen atoms in total. The van der Waals surface area contributed by atoms with Crippen molar-refractivity contribution < 1.29 is 19.5 Å². The lowest BCUT2D eigenvalue weighted by Gasteiger charge is -2.04. The normalized spacial score (nSPS) is 9.19. The van der Waals surface area contributed by atoms with Gasteiger partial charge in [-0.05, 0) is 12.1 Å². The Kier molecular flexibility index (Phi) is 6.48. The highest BCUT2D eigenvalue weighted by molar-refractivity contribution is 5.98. The van der Waals surface area contributed by atoms with Crippen LogP contribution < -0.4 is 10.6 Å². The molecule has 0 unspecified atom stereocenters. The fraction of sp³-hybridized carbons (Fsp3) is 0.267. The molecule has 21 heavy (non-hydrogen) atoms. The lowest BCUT2D eigenvalue weighted by Crippen LogP contribution is -2.29. The van der Waals surface area contributed by atoms with Crippen molar-refractivity contribution in [1.82, 2.24) is 10.6 Å². The van der Waals surface area contributed by atoms with Crippen molar-refractivity contribution in [2.24, 2.45) is 0 Å². The lowest BCUT2D eigenvalue weighted by atomic mass is 10.1. The van der Waals surface area contributed by atoms with E-state index in [9.17, 15) is 14.4 Å². The van der Waals surface area contributed by atoms with E-state index in [0.29, 0.717) is 24.1 Å². The third-order valence-electron chi connectivity index (χ3n) is 2.42. The Bertz CT molecular complexity index is 599. The van der Waals surface area contributed by atoms with E-state index in [1.165, 1.54) is 6.92 Å². The van der Waals surface area contributed by atoms with Crippen LogP contribution >= 0.6 is 0 Å². The van der Waals surface area contributed by atoms with Gasteiger partial charge in [0.1, 0.15) is 6.54 Å². The molecule has 0 atom stereocenters.